The van der Waals surface area contributed by atoms with Gasteiger partial charge in [0.25, 0.3) is 0 Å². The zero-order valence-corrected chi connectivity index (χ0v) is 17.6. The summed E-state index contributed by atoms with van der Waals surface area (Å²) < 4.78 is 17.3. The van der Waals surface area contributed by atoms with Crippen molar-refractivity contribution in [2.24, 2.45) is 0 Å². The first kappa shape index (κ1) is 20.7. The van der Waals surface area contributed by atoms with E-state index in [1.807, 2.05) is 61.5 Å². The van der Waals surface area contributed by atoms with Crippen molar-refractivity contribution in [2.75, 3.05) is 6.61 Å². The monoisotopic (exact) mass is 416 g/mol. The van der Waals surface area contributed by atoms with Crippen LogP contribution in [0.15, 0.2) is 65.1 Å². The van der Waals surface area contributed by atoms with Crippen LogP contribution in [0.2, 0.25) is 0 Å². The number of ether oxygens (including phenoxy) is 2. The van der Waals surface area contributed by atoms with Gasteiger partial charge in [0.1, 0.15) is 22.7 Å². The SMILES string of the molecule is CCCCC(=O)Oc1cc2c(C(=O)OCC)c(-c3ccccc3)oc2c2ccccc12. The fourth-order valence-electron chi connectivity index (χ4n) is 3.66. The minimum atomic E-state index is -0.473. The number of hydrogen-bond acceptors (Lipinski definition) is 5. The Hall–Kier alpha value is -3.60. The van der Waals surface area contributed by atoms with Gasteiger partial charge in [-0.15, -0.1) is 0 Å². The Morgan fingerprint density at radius 3 is 2.32 bits per heavy atom. The molecule has 0 spiro atoms. The third kappa shape index (κ3) is 4.04. The van der Waals surface area contributed by atoms with Crippen molar-refractivity contribution in [3.05, 3.63) is 66.2 Å². The van der Waals surface area contributed by atoms with Gasteiger partial charge in [0.05, 0.1) is 6.61 Å². The molecule has 4 rings (SSSR count). The number of unbranched alkanes of at least 4 members (excludes halogenated alkanes) is 1. The molecule has 0 bridgehead atoms. The Labute approximate surface area is 180 Å². The first-order valence-corrected chi connectivity index (χ1v) is 10.6. The molecule has 31 heavy (non-hydrogen) atoms. The van der Waals surface area contributed by atoms with Gasteiger partial charge in [0.2, 0.25) is 0 Å². The lowest BCUT2D eigenvalue weighted by atomic mass is 10.0. The molecule has 158 valence electrons. The van der Waals surface area contributed by atoms with Crippen LogP contribution in [0.5, 0.6) is 5.75 Å². The predicted molar refractivity (Wildman–Crippen MR) is 120 cm³/mol. The highest BCUT2D eigenvalue weighted by molar-refractivity contribution is 6.17. The van der Waals surface area contributed by atoms with Crippen LogP contribution in [0.3, 0.4) is 0 Å². The standard InChI is InChI=1S/C26H24O5/c1-3-5-15-22(27)30-21-16-20-23(26(28)29-4-2)24(17-11-7-6-8-12-17)31-25(20)19-14-10-9-13-18(19)21/h6-14,16H,3-5,15H2,1-2H3. The zero-order valence-electron chi connectivity index (χ0n) is 17.6. The van der Waals surface area contributed by atoms with Gasteiger partial charge in [-0.2, -0.15) is 0 Å². The van der Waals surface area contributed by atoms with E-state index in [0.29, 0.717) is 34.5 Å². The van der Waals surface area contributed by atoms with Gasteiger partial charge >= 0.3 is 11.9 Å². The van der Waals surface area contributed by atoms with Crippen LogP contribution in [-0.2, 0) is 9.53 Å². The molecule has 0 aliphatic heterocycles. The molecule has 0 fully saturated rings. The average molecular weight is 416 g/mol. The van der Waals surface area contributed by atoms with Crippen LogP contribution in [0.4, 0.5) is 0 Å². The van der Waals surface area contributed by atoms with E-state index in [1.165, 1.54) is 0 Å². The third-order valence-electron chi connectivity index (χ3n) is 5.13. The second-order valence-electron chi connectivity index (χ2n) is 7.27. The summed E-state index contributed by atoms with van der Waals surface area (Å²) in [4.78, 5) is 25.3. The van der Waals surface area contributed by atoms with E-state index in [9.17, 15) is 9.59 Å². The van der Waals surface area contributed by atoms with Gasteiger partial charge in [-0.3, -0.25) is 4.79 Å². The summed E-state index contributed by atoms with van der Waals surface area (Å²) in [6.07, 6.45) is 2.01. The maximum absolute atomic E-state index is 12.9. The number of furan rings is 1. The molecule has 0 unspecified atom stereocenters. The lowest BCUT2D eigenvalue weighted by Crippen LogP contribution is -2.08. The maximum Gasteiger partial charge on any atom is 0.342 e. The van der Waals surface area contributed by atoms with Gasteiger partial charge in [0, 0.05) is 28.1 Å². The summed E-state index contributed by atoms with van der Waals surface area (Å²) in [7, 11) is 0. The van der Waals surface area contributed by atoms with E-state index in [1.54, 1.807) is 13.0 Å². The first-order chi connectivity index (χ1) is 15.1. The maximum atomic E-state index is 12.9. The quantitative estimate of drug-likeness (QED) is 0.253. The van der Waals surface area contributed by atoms with Crippen molar-refractivity contribution >= 4 is 33.7 Å². The molecule has 0 saturated heterocycles. The molecular weight excluding hydrogens is 392 g/mol. The second-order valence-corrected chi connectivity index (χ2v) is 7.27. The van der Waals surface area contributed by atoms with Gasteiger partial charge < -0.3 is 13.9 Å². The van der Waals surface area contributed by atoms with Crippen LogP contribution in [0.1, 0.15) is 43.5 Å². The fraction of sp³-hybridized carbons (Fsp3) is 0.231. The highest BCUT2D eigenvalue weighted by Gasteiger charge is 2.26. The van der Waals surface area contributed by atoms with Crippen LogP contribution in [0.25, 0.3) is 33.1 Å². The van der Waals surface area contributed by atoms with Crippen molar-refractivity contribution in [1.82, 2.24) is 0 Å². The number of rotatable bonds is 7. The Bertz CT molecular complexity index is 1240. The van der Waals surface area contributed by atoms with Crippen molar-refractivity contribution in [3.8, 4) is 17.1 Å². The van der Waals surface area contributed by atoms with Gasteiger partial charge in [-0.05, 0) is 19.4 Å². The Balaban J connectivity index is 1.97. The molecule has 5 nitrogen and oxygen atoms in total. The molecule has 4 aromatic rings. The normalized spacial score (nSPS) is 11.0. The van der Waals surface area contributed by atoms with E-state index in [-0.39, 0.29) is 12.6 Å². The summed E-state index contributed by atoms with van der Waals surface area (Å²) in [6.45, 7) is 4.03. The molecule has 0 radical (unpaired) electrons. The molecule has 0 aliphatic carbocycles. The minimum absolute atomic E-state index is 0.242. The lowest BCUT2D eigenvalue weighted by Gasteiger charge is -2.09. The van der Waals surface area contributed by atoms with Gasteiger partial charge in [0.15, 0.2) is 0 Å². The number of carbonyl (C=O) groups is 2. The summed E-state index contributed by atoms with van der Waals surface area (Å²) in [5.41, 5.74) is 1.66. The topological polar surface area (TPSA) is 65.7 Å². The number of benzene rings is 3. The third-order valence-corrected chi connectivity index (χ3v) is 5.13. The predicted octanol–water partition coefficient (Wildman–Crippen LogP) is 6.53. The minimum Gasteiger partial charge on any atom is -0.462 e. The fourth-order valence-corrected chi connectivity index (χ4v) is 3.66. The number of fused-ring (bicyclic) bond motifs is 3. The molecular formula is C26H24O5. The molecule has 0 saturated carbocycles. The molecule has 1 heterocycles. The average Bonchev–Trinajstić information content (AvgIpc) is 3.18. The Kier molecular flexibility index (Phi) is 6.03. The Morgan fingerprint density at radius 1 is 0.903 bits per heavy atom. The molecule has 0 atom stereocenters. The molecule has 1 aromatic heterocycles. The van der Waals surface area contributed by atoms with E-state index >= 15 is 0 Å². The smallest absolute Gasteiger partial charge is 0.342 e. The largest absolute Gasteiger partial charge is 0.462 e. The lowest BCUT2D eigenvalue weighted by molar-refractivity contribution is -0.134. The van der Waals surface area contributed by atoms with E-state index in [4.69, 9.17) is 13.9 Å². The molecule has 5 heteroatoms. The van der Waals surface area contributed by atoms with Crippen molar-refractivity contribution in [2.45, 2.75) is 33.1 Å². The van der Waals surface area contributed by atoms with Crippen molar-refractivity contribution < 1.29 is 23.5 Å². The highest BCUT2D eigenvalue weighted by Crippen LogP contribution is 2.41. The zero-order chi connectivity index (χ0) is 21.8. The molecule has 0 N–H and O–H groups in total. The molecule has 0 amide bonds. The van der Waals surface area contributed by atoms with Crippen LogP contribution in [0, 0.1) is 0 Å². The van der Waals surface area contributed by atoms with Crippen molar-refractivity contribution in [1.29, 1.82) is 0 Å². The number of carbonyl (C=O) groups excluding carboxylic acids is 2. The van der Waals surface area contributed by atoms with E-state index < -0.39 is 5.97 Å². The first-order valence-electron chi connectivity index (χ1n) is 10.6. The van der Waals surface area contributed by atoms with E-state index in [2.05, 4.69) is 0 Å². The second kappa shape index (κ2) is 9.04. The molecule has 3 aromatic carbocycles. The highest BCUT2D eigenvalue weighted by atomic mass is 16.5. The molecule has 0 aliphatic rings. The van der Waals surface area contributed by atoms with Crippen LogP contribution < -0.4 is 4.74 Å². The number of hydrogen-bond donors (Lipinski definition) is 0. The van der Waals surface area contributed by atoms with Crippen molar-refractivity contribution in [3.63, 3.8) is 0 Å². The Morgan fingerprint density at radius 2 is 1.61 bits per heavy atom. The van der Waals surface area contributed by atoms with Gasteiger partial charge in [-0.25, -0.2) is 4.79 Å². The van der Waals surface area contributed by atoms with Crippen LogP contribution in [-0.4, -0.2) is 18.5 Å². The summed E-state index contributed by atoms with van der Waals surface area (Å²) in [5, 5.41) is 2.09. The van der Waals surface area contributed by atoms with Gasteiger partial charge in [-0.1, -0.05) is 67.9 Å². The number of esters is 2. The van der Waals surface area contributed by atoms with Crippen LogP contribution >= 0.6 is 0 Å². The summed E-state index contributed by atoms with van der Waals surface area (Å²) >= 11 is 0. The summed E-state index contributed by atoms with van der Waals surface area (Å²) in [6, 6.07) is 18.7. The van der Waals surface area contributed by atoms with E-state index in [0.717, 1.165) is 29.2 Å². The summed E-state index contributed by atoms with van der Waals surface area (Å²) in [5.74, 6) is 0.0817.